The molecule has 1 rings (SSSR count). The SMILES string of the molecule is Cc1ncnc(N)c1CCl. The van der Waals surface area contributed by atoms with Gasteiger partial charge in [0.25, 0.3) is 0 Å². The number of hydrogen-bond acceptors (Lipinski definition) is 3. The lowest BCUT2D eigenvalue weighted by Crippen LogP contribution is -1.99. The molecule has 54 valence electrons. The molecular formula is C6H8ClN3. The molecule has 0 aliphatic heterocycles. The van der Waals surface area contributed by atoms with Crippen molar-refractivity contribution in [3.8, 4) is 0 Å². The van der Waals surface area contributed by atoms with Gasteiger partial charge in [0, 0.05) is 11.3 Å². The van der Waals surface area contributed by atoms with Gasteiger partial charge in [-0.3, -0.25) is 0 Å². The van der Waals surface area contributed by atoms with E-state index in [0.717, 1.165) is 11.3 Å². The van der Waals surface area contributed by atoms with Crippen LogP contribution in [0.25, 0.3) is 0 Å². The van der Waals surface area contributed by atoms with Crippen LogP contribution in [0.1, 0.15) is 11.3 Å². The van der Waals surface area contributed by atoms with Crippen molar-refractivity contribution < 1.29 is 0 Å². The zero-order valence-electron chi connectivity index (χ0n) is 5.63. The van der Waals surface area contributed by atoms with E-state index in [4.69, 9.17) is 17.3 Å². The highest BCUT2D eigenvalue weighted by molar-refractivity contribution is 6.17. The molecule has 10 heavy (non-hydrogen) atoms. The Morgan fingerprint density at radius 1 is 1.60 bits per heavy atom. The van der Waals surface area contributed by atoms with Crippen molar-refractivity contribution in [3.63, 3.8) is 0 Å². The van der Waals surface area contributed by atoms with Gasteiger partial charge in [0.2, 0.25) is 0 Å². The summed E-state index contributed by atoms with van der Waals surface area (Å²) >= 11 is 5.58. The summed E-state index contributed by atoms with van der Waals surface area (Å²) in [4.78, 5) is 7.73. The Hall–Kier alpha value is -0.830. The van der Waals surface area contributed by atoms with Gasteiger partial charge in [-0.25, -0.2) is 9.97 Å². The van der Waals surface area contributed by atoms with E-state index in [9.17, 15) is 0 Å². The predicted octanol–water partition coefficient (Wildman–Crippen LogP) is 1.11. The number of nitrogens with two attached hydrogens (primary N) is 1. The zero-order valence-corrected chi connectivity index (χ0v) is 6.39. The summed E-state index contributed by atoms with van der Waals surface area (Å²) < 4.78 is 0. The molecule has 3 nitrogen and oxygen atoms in total. The molecule has 0 aliphatic carbocycles. The van der Waals surface area contributed by atoms with E-state index in [0.29, 0.717) is 11.7 Å². The Balaban J connectivity index is 3.17. The maximum absolute atomic E-state index is 5.58. The molecule has 0 bridgehead atoms. The van der Waals surface area contributed by atoms with Crippen LogP contribution in [0.15, 0.2) is 6.33 Å². The topological polar surface area (TPSA) is 51.8 Å². The van der Waals surface area contributed by atoms with Crippen LogP contribution in [0.5, 0.6) is 0 Å². The zero-order chi connectivity index (χ0) is 7.56. The molecule has 0 spiro atoms. The van der Waals surface area contributed by atoms with E-state index in [1.54, 1.807) is 0 Å². The molecule has 1 aromatic rings. The Morgan fingerprint density at radius 2 is 2.30 bits per heavy atom. The molecule has 0 radical (unpaired) electrons. The van der Waals surface area contributed by atoms with Crippen LogP contribution in [0.4, 0.5) is 5.82 Å². The second kappa shape index (κ2) is 2.84. The summed E-state index contributed by atoms with van der Waals surface area (Å²) in [5.41, 5.74) is 7.17. The third-order valence-corrected chi connectivity index (χ3v) is 1.60. The number of aromatic nitrogens is 2. The summed E-state index contributed by atoms with van der Waals surface area (Å²) in [5, 5.41) is 0. The molecule has 1 heterocycles. The molecule has 0 unspecified atom stereocenters. The molecule has 0 saturated carbocycles. The average Bonchev–Trinajstić information content (AvgIpc) is 1.88. The highest BCUT2D eigenvalue weighted by Crippen LogP contribution is 2.12. The fourth-order valence-corrected chi connectivity index (χ4v) is 1.01. The monoisotopic (exact) mass is 157 g/mol. The third kappa shape index (κ3) is 1.19. The number of halogens is 1. The highest BCUT2D eigenvalue weighted by Gasteiger charge is 2.01. The highest BCUT2D eigenvalue weighted by atomic mass is 35.5. The Labute approximate surface area is 64.2 Å². The van der Waals surface area contributed by atoms with E-state index in [-0.39, 0.29) is 0 Å². The average molecular weight is 158 g/mol. The Kier molecular flexibility index (Phi) is 2.06. The summed E-state index contributed by atoms with van der Waals surface area (Å²) in [5.74, 6) is 0.848. The maximum atomic E-state index is 5.58. The standard InChI is InChI=1S/C6H8ClN3/c1-4-5(2-7)6(8)10-3-9-4/h3H,2H2,1H3,(H2,8,9,10). The van der Waals surface area contributed by atoms with Gasteiger partial charge < -0.3 is 5.73 Å². The number of rotatable bonds is 1. The molecule has 1 aromatic heterocycles. The van der Waals surface area contributed by atoms with Crippen molar-refractivity contribution in [2.75, 3.05) is 5.73 Å². The lowest BCUT2D eigenvalue weighted by atomic mass is 10.2. The van der Waals surface area contributed by atoms with Gasteiger partial charge in [-0.05, 0) is 6.92 Å². The number of aryl methyl sites for hydroxylation is 1. The first-order chi connectivity index (χ1) is 4.75. The lowest BCUT2D eigenvalue weighted by Gasteiger charge is -2.01. The van der Waals surface area contributed by atoms with Crippen molar-refractivity contribution in [1.29, 1.82) is 0 Å². The molecule has 0 fully saturated rings. The minimum Gasteiger partial charge on any atom is -0.383 e. The Bertz CT molecular complexity index is 216. The fourth-order valence-electron chi connectivity index (χ4n) is 0.684. The van der Waals surface area contributed by atoms with Crippen LogP contribution in [-0.2, 0) is 5.88 Å². The second-order valence-corrected chi connectivity index (χ2v) is 2.22. The molecular weight excluding hydrogens is 150 g/mol. The molecule has 2 N–H and O–H groups in total. The van der Waals surface area contributed by atoms with E-state index in [1.165, 1.54) is 6.33 Å². The molecule has 0 aliphatic rings. The van der Waals surface area contributed by atoms with E-state index >= 15 is 0 Å². The molecule has 0 atom stereocenters. The largest absolute Gasteiger partial charge is 0.383 e. The van der Waals surface area contributed by atoms with Gasteiger partial charge in [-0.15, -0.1) is 11.6 Å². The number of alkyl halides is 1. The minimum atomic E-state index is 0.374. The maximum Gasteiger partial charge on any atom is 0.131 e. The van der Waals surface area contributed by atoms with Crippen LogP contribution < -0.4 is 5.73 Å². The lowest BCUT2D eigenvalue weighted by molar-refractivity contribution is 1.06. The first-order valence-corrected chi connectivity index (χ1v) is 3.41. The van der Waals surface area contributed by atoms with Crippen molar-refractivity contribution in [2.24, 2.45) is 0 Å². The first kappa shape index (κ1) is 7.28. The summed E-state index contributed by atoms with van der Waals surface area (Å²) in [6.45, 7) is 1.86. The fraction of sp³-hybridized carbons (Fsp3) is 0.333. The Morgan fingerprint density at radius 3 is 2.70 bits per heavy atom. The van der Waals surface area contributed by atoms with Gasteiger partial charge in [-0.2, -0.15) is 0 Å². The summed E-state index contributed by atoms with van der Waals surface area (Å²) in [7, 11) is 0. The molecule has 0 amide bonds. The van der Waals surface area contributed by atoms with Crippen molar-refractivity contribution in [1.82, 2.24) is 9.97 Å². The van der Waals surface area contributed by atoms with Gasteiger partial charge in [0.05, 0.1) is 5.88 Å². The molecule has 0 saturated heterocycles. The van der Waals surface area contributed by atoms with E-state index < -0.39 is 0 Å². The van der Waals surface area contributed by atoms with Crippen LogP contribution in [0, 0.1) is 6.92 Å². The van der Waals surface area contributed by atoms with Crippen molar-refractivity contribution in [3.05, 3.63) is 17.6 Å². The molecule has 4 heteroatoms. The van der Waals surface area contributed by atoms with Crippen LogP contribution in [0.2, 0.25) is 0 Å². The van der Waals surface area contributed by atoms with Crippen molar-refractivity contribution >= 4 is 17.4 Å². The number of nitrogens with zero attached hydrogens (tertiary/aromatic N) is 2. The summed E-state index contributed by atoms with van der Waals surface area (Å²) in [6, 6.07) is 0. The van der Waals surface area contributed by atoms with E-state index in [2.05, 4.69) is 9.97 Å². The number of anilines is 1. The van der Waals surface area contributed by atoms with Crippen molar-refractivity contribution in [2.45, 2.75) is 12.8 Å². The third-order valence-electron chi connectivity index (χ3n) is 1.33. The first-order valence-electron chi connectivity index (χ1n) is 2.87. The minimum absolute atomic E-state index is 0.374. The van der Waals surface area contributed by atoms with Gasteiger partial charge in [-0.1, -0.05) is 0 Å². The molecule has 0 aromatic carbocycles. The number of nitrogen functional groups attached to an aromatic ring is 1. The normalized spacial score (nSPS) is 9.80. The van der Waals surface area contributed by atoms with Gasteiger partial charge in [0.1, 0.15) is 12.1 Å². The smallest absolute Gasteiger partial charge is 0.131 e. The number of hydrogen-bond donors (Lipinski definition) is 1. The predicted molar refractivity (Wildman–Crippen MR) is 40.7 cm³/mol. The van der Waals surface area contributed by atoms with Crippen LogP contribution in [-0.4, -0.2) is 9.97 Å². The summed E-state index contributed by atoms with van der Waals surface area (Å²) in [6.07, 6.45) is 1.43. The second-order valence-electron chi connectivity index (χ2n) is 1.96. The van der Waals surface area contributed by atoms with Gasteiger partial charge >= 0.3 is 0 Å². The van der Waals surface area contributed by atoms with E-state index in [1.807, 2.05) is 6.92 Å². The van der Waals surface area contributed by atoms with Crippen LogP contribution in [0.3, 0.4) is 0 Å². The van der Waals surface area contributed by atoms with Crippen LogP contribution >= 0.6 is 11.6 Å². The quantitative estimate of drug-likeness (QED) is 0.622. The van der Waals surface area contributed by atoms with Gasteiger partial charge in [0.15, 0.2) is 0 Å².